The molecule has 0 saturated carbocycles. The van der Waals surface area contributed by atoms with E-state index in [9.17, 15) is 0 Å². The molecule has 0 aliphatic heterocycles. The fourth-order valence-electron chi connectivity index (χ4n) is 8.72. The minimum absolute atomic E-state index is 0.862. The lowest BCUT2D eigenvalue weighted by Gasteiger charge is -2.27. The summed E-state index contributed by atoms with van der Waals surface area (Å²) in [6.07, 6.45) is 0. The average Bonchev–Trinajstić information content (AvgIpc) is 3.90. The molecule has 0 amide bonds. The number of aromatic nitrogens is 1. The van der Waals surface area contributed by atoms with Crippen molar-refractivity contribution in [2.45, 2.75) is 0 Å². The molecule has 54 heavy (non-hydrogen) atoms. The lowest BCUT2D eigenvalue weighted by atomic mass is 9.98. The lowest BCUT2D eigenvalue weighted by molar-refractivity contribution is 0.669. The van der Waals surface area contributed by atoms with Gasteiger partial charge in [0.25, 0.3) is 0 Å². The molecule has 0 unspecified atom stereocenters. The van der Waals surface area contributed by atoms with Gasteiger partial charge >= 0.3 is 0 Å². The van der Waals surface area contributed by atoms with E-state index in [0.29, 0.717) is 0 Å². The second kappa shape index (κ2) is 11.1. The van der Waals surface area contributed by atoms with Crippen LogP contribution in [0.4, 0.5) is 17.1 Å². The van der Waals surface area contributed by atoms with Crippen LogP contribution in [-0.2, 0) is 0 Å². The van der Waals surface area contributed by atoms with Crippen LogP contribution in [0.15, 0.2) is 191 Å². The molecule has 3 heterocycles. The zero-order valence-corrected chi connectivity index (χ0v) is 29.0. The number of nitrogens with zero attached hydrogens (tertiary/aromatic N) is 2. The predicted octanol–water partition coefficient (Wildman–Crippen LogP) is 14.4. The predicted molar refractivity (Wildman–Crippen MR) is 225 cm³/mol. The van der Waals surface area contributed by atoms with Gasteiger partial charge in [-0.25, -0.2) is 0 Å². The van der Waals surface area contributed by atoms with Crippen molar-refractivity contribution in [2.24, 2.45) is 0 Å². The SMILES string of the molecule is c1ccc2c(c1)oc1cc3ccc4ccc(N(c5ccc(-n6c7ccccc7c7ccccc76)cc5)c5cccc6oc7ccccc7c56)cc4c3cc12. The Balaban J connectivity index is 1.10. The highest BCUT2D eigenvalue weighted by atomic mass is 16.3. The Labute approximate surface area is 309 Å². The van der Waals surface area contributed by atoms with Crippen LogP contribution in [0.3, 0.4) is 0 Å². The summed E-state index contributed by atoms with van der Waals surface area (Å²) in [7, 11) is 0. The fraction of sp³-hybridized carbons (Fsp3) is 0. The normalized spacial score (nSPS) is 12.1. The number of fused-ring (bicyclic) bond motifs is 12. The molecule has 12 rings (SSSR count). The molecule has 252 valence electrons. The van der Waals surface area contributed by atoms with Crippen LogP contribution in [-0.4, -0.2) is 4.57 Å². The second-order valence-corrected chi connectivity index (χ2v) is 14.1. The minimum Gasteiger partial charge on any atom is -0.456 e. The first kappa shape index (κ1) is 29.3. The molecule has 0 aliphatic carbocycles. The quantitative estimate of drug-likeness (QED) is 0.172. The summed E-state index contributed by atoms with van der Waals surface area (Å²) in [6.45, 7) is 0. The van der Waals surface area contributed by atoms with Crippen molar-refractivity contribution in [3.63, 3.8) is 0 Å². The third-order valence-electron chi connectivity index (χ3n) is 11.1. The molecule has 4 heteroatoms. The van der Waals surface area contributed by atoms with Gasteiger partial charge in [-0.15, -0.1) is 0 Å². The lowest BCUT2D eigenvalue weighted by Crippen LogP contribution is -2.10. The summed E-state index contributed by atoms with van der Waals surface area (Å²) in [5, 5.41) is 11.7. The smallest absolute Gasteiger partial charge is 0.137 e. The summed E-state index contributed by atoms with van der Waals surface area (Å²) >= 11 is 0. The first-order valence-electron chi connectivity index (χ1n) is 18.3. The standard InChI is InChI=1S/C50H30N2O2/c1-5-14-43-36(10-1)37-11-2-6-15-44(37)52(43)34-26-24-33(25-27-34)51(45-16-9-19-48-50(45)39-13-4-8-18-47(39)53-48)35-23-22-31-20-21-32-28-49-42(30-41(32)40(31)29-35)38-12-3-7-17-46(38)54-49/h1-30H. The van der Waals surface area contributed by atoms with Crippen LogP contribution >= 0.6 is 0 Å². The van der Waals surface area contributed by atoms with Gasteiger partial charge < -0.3 is 18.3 Å². The summed E-state index contributed by atoms with van der Waals surface area (Å²) in [5.41, 5.74) is 10.2. The molecular weight excluding hydrogens is 661 g/mol. The van der Waals surface area contributed by atoms with Gasteiger partial charge in [0.05, 0.1) is 22.1 Å². The maximum Gasteiger partial charge on any atom is 0.137 e. The van der Waals surface area contributed by atoms with Gasteiger partial charge in [-0.3, -0.25) is 0 Å². The highest BCUT2D eigenvalue weighted by Gasteiger charge is 2.21. The molecule has 0 bridgehead atoms. The molecule has 0 aliphatic rings. The van der Waals surface area contributed by atoms with E-state index < -0.39 is 0 Å². The third-order valence-corrected chi connectivity index (χ3v) is 11.1. The van der Waals surface area contributed by atoms with E-state index in [1.165, 1.54) is 38.0 Å². The number of para-hydroxylation sites is 4. The van der Waals surface area contributed by atoms with Crippen LogP contribution in [0.5, 0.6) is 0 Å². The van der Waals surface area contributed by atoms with Gasteiger partial charge in [0.15, 0.2) is 0 Å². The van der Waals surface area contributed by atoms with Crippen molar-refractivity contribution in [2.75, 3.05) is 4.90 Å². The van der Waals surface area contributed by atoms with Gasteiger partial charge in [-0.05, 0) is 106 Å². The largest absolute Gasteiger partial charge is 0.456 e. The van der Waals surface area contributed by atoms with Gasteiger partial charge in [0.1, 0.15) is 22.3 Å². The molecule has 12 aromatic rings. The molecule has 0 atom stereocenters. The molecule has 0 fully saturated rings. The summed E-state index contributed by atoms with van der Waals surface area (Å²) in [5.74, 6) is 0. The zero-order valence-electron chi connectivity index (χ0n) is 29.0. The number of hydrogen-bond donors (Lipinski definition) is 0. The Morgan fingerprint density at radius 3 is 1.70 bits per heavy atom. The second-order valence-electron chi connectivity index (χ2n) is 14.1. The topological polar surface area (TPSA) is 34.5 Å². The Kier molecular flexibility index (Phi) is 6.02. The molecule has 3 aromatic heterocycles. The van der Waals surface area contributed by atoms with E-state index in [4.69, 9.17) is 8.83 Å². The zero-order chi connectivity index (χ0) is 35.3. The van der Waals surface area contributed by atoms with Crippen molar-refractivity contribution in [1.29, 1.82) is 0 Å². The molecular formula is C50H30N2O2. The number of hydrogen-bond acceptors (Lipinski definition) is 3. The van der Waals surface area contributed by atoms with E-state index >= 15 is 0 Å². The van der Waals surface area contributed by atoms with Crippen molar-refractivity contribution in [3.8, 4) is 5.69 Å². The van der Waals surface area contributed by atoms with Gasteiger partial charge in [0.2, 0.25) is 0 Å². The number of anilines is 3. The minimum atomic E-state index is 0.862. The van der Waals surface area contributed by atoms with Crippen molar-refractivity contribution in [3.05, 3.63) is 182 Å². The Hall–Kier alpha value is -7.30. The van der Waals surface area contributed by atoms with E-state index in [0.717, 1.165) is 72.0 Å². The Morgan fingerprint density at radius 2 is 0.926 bits per heavy atom. The number of benzene rings is 9. The molecule has 0 spiro atoms. The van der Waals surface area contributed by atoms with Crippen molar-refractivity contribution in [1.82, 2.24) is 4.57 Å². The first-order valence-corrected chi connectivity index (χ1v) is 18.3. The summed E-state index contributed by atoms with van der Waals surface area (Å²) < 4.78 is 15.1. The number of rotatable bonds is 4. The monoisotopic (exact) mass is 690 g/mol. The van der Waals surface area contributed by atoms with Crippen LogP contribution in [0, 0.1) is 0 Å². The van der Waals surface area contributed by atoms with Crippen LogP contribution < -0.4 is 4.90 Å². The van der Waals surface area contributed by atoms with Crippen molar-refractivity contribution >= 4 is 104 Å². The molecule has 9 aromatic carbocycles. The van der Waals surface area contributed by atoms with Crippen LogP contribution in [0.25, 0.3) is 92.9 Å². The molecule has 0 N–H and O–H groups in total. The maximum absolute atomic E-state index is 6.42. The highest BCUT2D eigenvalue weighted by molar-refractivity contribution is 6.18. The van der Waals surface area contributed by atoms with E-state index in [2.05, 4.69) is 167 Å². The van der Waals surface area contributed by atoms with E-state index in [1.54, 1.807) is 0 Å². The maximum atomic E-state index is 6.42. The summed E-state index contributed by atoms with van der Waals surface area (Å²) in [4.78, 5) is 2.38. The van der Waals surface area contributed by atoms with E-state index in [1.807, 2.05) is 24.3 Å². The fourth-order valence-corrected chi connectivity index (χ4v) is 8.72. The summed E-state index contributed by atoms with van der Waals surface area (Å²) in [6, 6.07) is 65.0. The van der Waals surface area contributed by atoms with Crippen LogP contribution in [0.2, 0.25) is 0 Å². The molecule has 4 nitrogen and oxygen atoms in total. The van der Waals surface area contributed by atoms with Gasteiger partial charge in [0, 0.05) is 44.0 Å². The molecule has 0 saturated heterocycles. The average molecular weight is 691 g/mol. The van der Waals surface area contributed by atoms with E-state index in [-0.39, 0.29) is 0 Å². The Morgan fingerprint density at radius 1 is 0.352 bits per heavy atom. The highest BCUT2D eigenvalue weighted by Crippen LogP contribution is 2.45. The third kappa shape index (κ3) is 4.19. The van der Waals surface area contributed by atoms with Gasteiger partial charge in [-0.2, -0.15) is 0 Å². The van der Waals surface area contributed by atoms with Crippen LogP contribution in [0.1, 0.15) is 0 Å². The van der Waals surface area contributed by atoms with Crippen molar-refractivity contribution < 1.29 is 8.83 Å². The Bertz CT molecular complexity index is 3400. The number of furan rings is 2. The molecule has 0 radical (unpaired) electrons. The first-order chi connectivity index (χ1) is 26.8. The van der Waals surface area contributed by atoms with Gasteiger partial charge in [-0.1, -0.05) is 97.1 Å².